The number of aliphatic hydroxyl groups excluding tert-OH is 1. The van der Waals surface area contributed by atoms with Crippen molar-refractivity contribution in [2.75, 3.05) is 6.61 Å². The molecule has 4 nitrogen and oxygen atoms in total. The second-order valence-corrected chi connectivity index (χ2v) is 3.70. The molecule has 2 heterocycles. The fourth-order valence-electron chi connectivity index (χ4n) is 1.75. The van der Waals surface area contributed by atoms with Gasteiger partial charge in [0.05, 0.1) is 12.3 Å². The van der Waals surface area contributed by atoms with E-state index in [2.05, 4.69) is 5.10 Å². The van der Waals surface area contributed by atoms with Gasteiger partial charge in [-0.15, -0.1) is 0 Å². The first-order chi connectivity index (χ1) is 6.81. The zero-order valence-corrected chi connectivity index (χ0v) is 8.44. The smallest absolute Gasteiger partial charge is 0.150 e. The Labute approximate surface area is 83.5 Å². The normalized spacial score (nSPS) is 22.6. The molecule has 1 fully saturated rings. The topological polar surface area (TPSA) is 47.3 Å². The lowest BCUT2D eigenvalue weighted by Crippen LogP contribution is -2.18. The highest BCUT2D eigenvalue weighted by molar-refractivity contribution is 5.14. The van der Waals surface area contributed by atoms with Gasteiger partial charge >= 0.3 is 0 Å². The summed E-state index contributed by atoms with van der Waals surface area (Å²) >= 11 is 0. The molecule has 1 aromatic heterocycles. The Morgan fingerprint density at radius 3 is 3.07 bits per heavy atom. The highest BCUT2D eigenvalue weighted by Crippen LogP contribution is 2.22. The van der Waals surface area contributed by atoms with E-state index in [-0.39, 0.29) is 12.8 Å². The SMILES string of the molecule is Cc1nn(C2CCCCO2)cc1CO. The van der Waals surface area contributed by atoms with Crippen LogP contribution in [0.3, 0.4) is 0 Å². The Kier molecular flexibility index (Phi) is 2.84. The highest BCUT2D eigenvalue weighted by Gasteiger charge is 2.17. The average molecular weight is 196 g/mol. The summed E-state index contributed by atoms with van der Waals surface area (Å²) in [4.78, 5) is 0. The van der Waals surface area contributed by atoms with Crippen LogP contribution in [0.1, 0.15) is 36.7 Å². The van der Waals surface area contributed by atoms with E-state index in [9.17, 15) is 0 Å². The quantitative estimate of drug-likeness (QED) is 0.777. The Balaban J connectivity index is 2.14. The minimum Gasteiger partial charge on any atom is -0.392 e. The molecule has 1 saturated heterocycles. The minimum absolute atomic E-state index is 0.0541. The van der Waals surface area contributed by atoms with Gasteiger partial charge in [0.15, 0.2) is 0 Å². The second-order valence-electron chi connectivity index (χ2n) is 3.70. The molecule has 4 heteroatoms. The summed E-state index contributed by atoms with van der Waals surface area (Å²) in [7, 11) is 0. The highest BCUT2D eigenvalue weighted by atomic mass is 16.5. The molecule has 0 bridgehead atoms. The molecule has 0 amide bonds. The summed E-state index contributed by atoms with van der Waals surface area (Å²) in [6.07, 6.45) is 5.31. The standard InChI is InChI=1S/C10H16N2O2/c1-8-9(7-13)6-12(11-8)10-4-2-3-5-14-10/h6,10,13H,2-5,7H2,1H3. The zero-order chi connectivity index (χ0) is 9.97. The summed E-state index contributed by atoms with van der Waals surface area (Å²) in [5, 5.41) is 13.4. The van der Waals surface area contributed by atoms with Gasteiger partial charge in [0.2, 0.25) is 0 Å². The molecular weight excluding hydrogens is 180 g/mol. The van der Waals surface area contributed by atoms with Crippen molar-refractivity contribution in [2.45, 2.75) is 39.0 Å². The second kappa shape index (κ2) is 4.11. The van der Waals surface area contributed by atoms with Crippen molar-refractivity contribution in [2.24, 2.45) is 0 Å². The Bertz CT molecular complexity index is 303. The third-order valence-electron chi connectivity index (χ3n) is 2.64. The predicted molar refractivity (Wildman–Crippen MR) is 51.7 cm³/mol. The lowest BCUT2D eigenvalue weighted by atomic mass is 10.2. The lowest BCUT2D eigenvalue weighted by molar-refractivity contribution is -0.0396. The van der Waals surface area contributed by atoms with Gasteiger partial charge in [-0.05, 0) is 26.2 Å². The Morgan fingerprint density at radius 2 is 2.50 bits per heavy atom. The molecule has 2 rings (SSSR count). The van der Waals surface area contributed by atoms with Crippen LogP contribution in [0.5, 0.6) is 0 Å². The molecule has 0 spiro atoms. The van der Waals surface area contributed by atoms with Crippen molar-refractivity contribution in [1.29, 1.82) is 0 Å². The molecular formula is C10H16N2O2. The van der Waals surface area contributed by atoms with Crippen LogP contribution in [-0.4, -0.2) is 21.5 Å². The van der Waals surface area contributed by atoms with Gasteiger partial charge in [0.1, 0.15) is 6.23 Å². The van der Waals surface area contributed by atoms with Gasteiger partial charge in [0.25, 0.3) is 0 Å². The fraction of sp³-hybridized carbons (Fsp3) is 0.700. The zero-order valence-electron chi connectivity index (χ0n) is 8.44. The van der Waals surface area contributed by atoms with Gasteiger partial charge in [0, 0.05) is 18.4 Å². The van der Waals surface area contributed by atoms with Crippen LogP contribution < -0.4 is 0 Å². The molecule has 0 aromatic carbocycles. The van der Waals surface area contributed by atoms with Crippen LogP contribution in [0.15, 0.2) is 6.20 Å². The summed E-state index contributed by atoms with van der Waals surface area (Å²) in [6.45, 7) is 2.78. The first kappa shape index (κ1) is 9.68. The van der Waals surface area contributed by atoms with E-state index in [4.69, 9.17) is 9.84 Å². The van der Waals surface area contributed by atoms with Crippen molar-refractivity contribution in [1.82, 2.24) is 9.78 Å². The van der Waals surface area contributed by atoms with Gasteiger partial charge in [-0.25, -0.2) is 4.68 Å². The van der Waals surface area contributed by atoms with Crippen molar-refractivity contribution < 1.29 is 9.84 Å². The summed E-state index contributed by atoms with van der Waals surface area (Å²) < 4.78 is 7.43. The number of aromatic nitrogens is 2. The molecule has 0 aliphatic carbocycles. The first-order valence-electron chi connectivity index (χ1n) is 5.08. The molecule has 1 aromatic rings. The molecule has 1 unspecified atom stereocenters. The molecule has 78 valence electrons. The third-order valence-corrected chi connectivity index (χ3v) is 2.64. The number of rotatable bonds is 2. The van der Waals surface area contributed by atoms with Crippen molar-refractivity contribution >= 4 is 0 Å². The number of nitrogens with zero attached hydrogens (tertiary/aromatic N) is 2. The van der Waals surface area contributed by atoms with Crippen LogP contribution in [0.4, 0.5) is 0 Å². The van der Waals surface area contributed by atoms with Crippen LogP contribution in [0, 0.1) is 6.92 Å². The number of hydrogen-bond acceptors (Lipinski definition) is 3. The van der Waals surface area contributed by atoms with E-state index >= 15 is 0 Å². The van der Waals surface area contributed by atoms with Gasteiger partial charge in [-0.1, -0.05) is 0 Å². The molecule has 14 heavy (non-hydrogen) atoms. The monoisotopic (exact) mass is 196 g/mol. The van der Waals surface area contributed by atoms with E-state index in [0.29, 0.717) is 0 Å². The van der Waals surface area contributed by atoms with Crippen LogP contribution in [0.2, 0.25) is 0 Å². The van der Waals surface area contributed by atoms with E-state index in [1.54, 1.807) is 0 Å². The van der Waals surface area contributed by atoms with E-state index in [0.717, 1.165) is 30.7 Å². The molecule has 1 atom stereocenters. The van der Waals surface area contributed by atoms with E-state index in [1.807, 2.05) is 17.8 Å². The maximum Gasteiger partial charge on any atom is 0.150 e. The van der Waals surface area contributed by atoms with Crippen LogP contribution >= 0.6 is 0 Å². The van der Waals surface area contributed by atoms with Gasteiger partial charge < -0.3 is 9.84 Å². The third kappa shape index (κ3) is 1.81. The number of aliphatic hydroxyl groups is 1. The van der Waals surface area contributed by atoms with Gasteiger partial charge in [-0.3, -0.25) is 0 Å². The largest absolute Gasteiger partial charge is 0.392 e. The maximum atomic E-state index is 9.04. The molecule has 1 aliphatic rings. The molecule has 1 N–H and O–H groups in total. The number of ether oxygens (including phenoxy) is 1. The number of aryl methyl sites for hydroxylation is 1. The predicted octanol–water partition coefficient (Wildman–Crippen LogP) is 1.38. The Morgan fingerprint density at radius 1 is 1.64 bits per heavy atom. The maximum absolute atomic E-state index is 9.04. The van der Waals surface area contributed by atoms with Gasteiger partial charge in [-0.2, -0.15) is 5.10 Å². The summed E-state index contributed by atoms with van der Waals surface area (Å²) in [6, 6.07) is 0. The van der Waals surface area contributed by atoms with E-state index < -0.39 is 0 Å². The molecule has 1 aliphatic heterocycles. The fourth-order valence-corrected chi connectivity index (χ4v) is 1.75. The summed E-state index contributed by atoms with van der Waals surface area (Å²) in [5.74, 6) is 0. The van der Waals surface area contributed by atoms with E-state index in [1.165, 1.54) is 6.42 Å². The first-order valence-corrected chi connectivity index (χ1v) is 5.08. The molecule has 0 saturated carbocycles. The summed E-state index contributed by atoms with van der Waals surface area (Å²) in [5.41, 5.74) is 1.78. The van der Waals surface area contributed by atoms with Crippen molar-refractivity contribution in [3.63, 3.8) is 0 Å². The Hall–Kier alpha value is -0.870. The van der Waals surface area contributed by atoms with Crippen molar-refractivity contribution in [3.05, 3.63) is 17.5 Å². The van der Waals surface area contributed by atoms with Crippen LogP contribution in [-0.2, 0) is 11.3 Å². The molecule has 0 radical (unpaired) electrons. The lowest BCUT2D eigenvalue weighted by Gasteiger charge is -2.22. The average Bonchev–Trinajstić information content (AvgIpc) is 2.61. The van der Waals surface area contributed by atoms with Crippen molar-refractivity contribution in [3.8, 4) is 0 Å². The minimum atomic E-state index is 0.0541. The number of hydrogen-bond donors (Lipinski definition) is 1. The van der Waals surface area contributed by atoms with Crippen LogP contribution in [0.25, 0.3) is 0 Å².